The van der Waals surface area contributed by atoms with E-state index in [-0.39, 0.29) is 24.9 Å². The van der Waals surface area contributed by atoms with Crippen LogP contribution in [0.1, 0.15) is 24.8 Å². The second-order valence-corrected chi connectivity index (χ2v) is 4.94. The third-order valence-corrected chi connectivity index (χ3v) is 3.60. The third kappa shape index (κ3) is 3.04. The SMILES string of the molecule is CNCc1cc(F)c(N(CCO)C2CCC2)c(F)c1. The molecular weight excluding hydrogens is 250 g/mol. The van der Waals surface area contributed by atoms with Crippen LogP contribution in [0.4, 0.5) is 14.5 Å². The molecule has 1 aromatic carbocycles. The summed E-state index contributed by atoms with van der Waals surface area (Å²) in [6.45, 7) is 0.592. The molecule has 106 valence electrons. The molecule has 5 heteroatoms. The van der Waals surface area contributed by atoms with Crippen molar-refractivity contribution in [2.75, 3.05) is 25.1 Å². The lowest BCUT2D eigenvalue weighted by Crippen LogP contribution is -2.43. The molecule has 1 fully saturated rings. The van der Waals surface area contributed by atoms with Gasteiger partial charge in [0.05, 0.1) is 6.61 Å². The Bertz CT molecular complexity index is 412. The average molecular weight is 270 g/mol. The van der Waals surface area contributed by atoms with Crippen LogP contribution in [0.5, 0.6) is 0 Å². The van der Waals surface area contributed by atoms with Crippen LogP contribution in [0.15, 0.2) is 12.1 Å². The lowest BCUT2D eigenvalue weighted by atomic mass is 9.91. The van der Waals surface area contributed by atoms with Gasteiger partial charge >= 0.3 is 0 Å². The van der Waals surface area contributed by atoms with Crippen molar-refractivity contribution >= 4 is 5.69 Å². The molecule has 1 saturated carbocycles. The minimum atomic E-state index is -0.550. The quantitative estimate of drug-likeness (QED) is 0.830. The van der Waals surface area contributed by atoms with Crippen LogP contribution in [-0.2, 0) is 6.54 Å². The summed E-state index contributed by atoms with van der Waals surface area (Å²) in [4.78, 5) is 1.66. The highest BCUT2D eigenvalue weighted by Gasteiger charge is 2.28. The van der Waals surface area contributed by atoms with E-state index in [1.165, 1.54) is 12.1 Å². The molecule has 3 nitrogen and oxygen atoms in total. The molecule has 0 radical (unpaired) electrons. The molecule has 0 atom stereocenters. The van der Waals surface area contributed by atoms with Gasteiger partial charge in [-0.05, 0) is 44.0 Å². The number of halogens is 2. The van der Waals surface area contributed by atoms with Crippen LogP contribution in [-0.4, -0.2) is 31.3 Å². The summed E-state index contributed by atoms with van der Waals surface area (Å²) < 4.78 is 28.3. The average Bonchev–Trinajstić information content (AvgIpc) is 2.26. The summed E-state index contributed by atoms with van der Waals surface area (Å²) in [5.74, 6) is -1.10. The molecule has 2 N–H and O–H groups in total. The highest BCUT2D eigenvalue weighted by Crippen LogP contribution is 2.33. The van der Waals surface area contributed by atoms with Crippen LogP contribution < -0.4 is 10.2 Å². The van der Waals surface area contributed by atoms with Gasteiger partial charge in [0.25, 0.3) is 0 Å². The Hall–Kier alpha value is -1.20. The van der Waals surface area contributed by atoms with E-state index in [0.29, 0.717) is 12.1 Å². The molecule has 0 aliphatic heterocycles. The first-order valence-corrected chi connectivity index (χ1v) is 6.67. The van der Waals surface area contributed by atoms with Crippen molar-refractivity contribution in [3.05, 3.63) is 29.3 Å². The maximum absolute atomic E-state index is 14.1. The standard InChI is InChI=1S/C14H20F2N2O/c1-17-9-10-7-12(15)14(13(16)8-10)18(5-6-19)11-3-2-4-11/h7-8,11,17,19H,2-6,9H2,1H3. The van der Waals surface area contributed by atoms with E-state index in [1.807, 2.05) is 0 Å². The smallest absolute Gasteiger partial charge is 0.149 e. The molecule has 0 unspecified atom stereocenters. The molecule has 1 aliphatic rings. The van der Waals surface area contributed by atoms with Crippen molar-refractivity contribution in [3.63, 3.8) is 0 Å². The van der Waals surface area contributed by atoms with Gasteiger partial charge in [-0.2, -0.15) is 0 Å². The molecule has 0 heterocycles. The zero-order valence-corrected chi connectivity index (χ0v) is 11.1. The molecule has 0 aromatic heterocycles. The number of rotatable bonds is 6. The van der Waals surface area contributed by atoms with E-state index in [1.54, 1.807) is 11.9 Å². The number of nitrogens with one attached hydrogen (secondary N) is 1. The van der Waals surface area contributed by atoms with E-state index >= 15 is 0 Å². The highest BCUT2D eigenvalue weighted by molar-refractivity contribution is 5.52. The first-order chi connectivity index (χ1) is 9.17. The maximum Gasteiger partial charge on any atom is 0.149 e. The fraction of sp³-hybridized carbons (Fsp3) is 0.571. The molecule has 1 aliphatic carbocycles. The lowest BCUT2D eigenvalue weighted by molar-refractivity contribution is 0.281. The number of hydrogen-bond acceptors (Lipinski definition) is 3. The Morgan fingerprint density at radius 3 is 2.37 bits per heavy atom. The van der Waals surface area contributed by atoms with Gasteiger partial charge in [0.15, 0.2) is 0 Å². The van der Waals surface area contributed by atoms with Crippen molar-refractivity contribution in [2.24, 2.45) is 0 Å². The number of aliphatic hydroxyl groups is 1. The summed E-state index contributed by atoms with van der Waals surface area (Å²) in [6.07, 6.45) is 2.93. The fourth-order valence-corrected chi connectivity index (χ4v) is 2.48. The first-order valence-electron chi connectivity index (χ1n) is 6.67. The van der Waals surface area contributed by atoms with Crippen molar-refractivity contribution in [1.82, 2.24) is 5.32 Å². The normalized spacial score (nSPS) is 15.4. The molecular formula is C14H20F2N2O. The van der Waals surface area contributed by atoms with Crippen LogP contribution in [0.25, 0.3) is 0 Å². The van der Waals surface area contributed by atoms with E-state index in [4.69, 9.17) is 5.11 Å². The fourth-order valence-electron chi connectivity index (χ4n) is 2.48. The number of nitrogens with zero attached hydrogens (tertiary/aromatic N) is 1. The Morgan fingerprint density at radius 2 is 1.95 bits per heavy atom. The Labute approximate surface area is 112 Å². The Kier molecular flexibility index (Phi) is 4.71. The third-order valence-electron chi connectivity index (χ3n) is 3.60. The van der Waals surface area contributed by atoms with Gasteiger partial charge in [0.2, 0.25) is 0 Å². The molecule has 1 aromatic rings. The van der Waals surface area contributed by atoms with Crippen molar-refractivity contribution in [2.45, 2.75) is 31.8 Å². The van der Waals surface area contributed by atoms with Gasteiger partial charge < -0.3 is 15.3 Å². The van der Waals surface area contributed by atoms with E-state index < -0.39 is 11.6 Å². The van der Waals surface area contributed by atoms with Crippen molar-refractivity contribution < 1.29 is 13.9 Å². The van der Waals surface area contributed by atoms with Gasteiger partial charge in [-0.1, -0.05) is 0 Å². The number of aliphatic hydroxyl groups excluding tert-OH is 1. The molecule has 2 rings (SSSR count). The van der Waals surface area contributed by atoms with Crippen LogP contribution >= 0.6 is 0 Å². The number of benzene rings is 1. The first kappa shape index (κ1) is 14.2. The summed E-state index contributed by atoms with van der Waals surface area (Å²) in [6, 6.07) is 2.86. The van der Waals surface area contributed by atoms with Crippen LogP contribution in [0, 0.1) is 11.6 Å². The van der Waals surface area contributed by atoms with E-state index in [0.717, 1.165) is 19.3 Å². The minimum Gasteiger partial charge on any atom is -0.395 e. The maximum atomic E-state index is 14.1. The molecule has 0 bridgehead atoms. The summed E-state index contributed by atoms with van der Waals surface area (Å²) in [7, 11) is 1.73. The summed E-state index contributed by atoms with van der Waals surface area (Å²) in [5.41, 5.74) is 0.581. The van der Waals surface area contributed by atoms with Gasteiger partial charge in [-0.25, -0.2) is 8.78 Å². The van der Waals surface area contributed by atoms with Gasteiger partial charge in [-0.3, -0.25) is 0 Å². The molecule has 0 amide bonds. The second-order valence-electron chi connectivity index (χ2n) is 4.94. The Morgan fingerprint density at radius 1 is 1.32 bits per heavy atom. The number of hydrogen-bond donors (Lipinski definition) is 2. The second kappa shape index (κ2) is 6.30. The molecule has 0 saturated heterocycles. The summed E-state index contributed by atoms with van der Waals surface area (Å²) >= 11 is 0. The van der Waals surface area contributed by atoms with Gasteiger partial charge in [0, 0.05) is 19.1 Å². The largest absolute Gasteiger partial charge is 0.395 e. The molecule has 0 spiro atoms. The Balaban J connectivity index is 2.30. The zero-order chi connectivity index (χ0) is 13.8. The van der Waals surface area contributed by atoms with E-state index in [2.05, 4.69) is 5.32 Å². The lowest BCUT2D eigenvalue weighted by Gasteiger charge is -2.39. The van der Waals surface area contributed by atoms with Crippen LogP contribution in [0.3, 0.4) is 0 Å². The summed E-state index contributed by atoms with van der Waals surface area (Å²) in [5, 5.41) is 12.0. The topological polar surface area (TPSA) is 35.5 Å². The van der Waals surface area contributed by atoms with E-state index in [9.17, 15) is 8.78 Å². The van der Waals surface area contributed by atoms with Crippen molar-refractivity contribution in [1.29, 1.82) is 0 Å². The van der Waals surface area contributed by atoms with Gasteiger partial charge in [-0.15, -0.1) is 0 Å². The van der Waals surface area contributed by atoms with Crippen molar-refractivity contribution in [3.8, 4) is 0 Å². The van der Waals surface area contributed by atoms with Crippen LogP contribution in [0.2, 0.25) is 0 Å². The predicted molar refractivity (Wildman–Crippen MR) is 71.2 cm³/mol. The monoisotopic (exact) mass is 270 g/mol. The molecule has 19 heavy (non-hydrogen) atoms. The number of anilines is 1. The minimum absolute atomic E-state index is 0.00129. The van der Waals surface area contributed by atoms with Gasteiger partial charge in [0.1, 0.15) is 17.3 Å². The highest BCUT2D eigenvalue weighted by atomic mass is 19.1. The predicted octanol–water partition coefficient (Wildman–Crippen LogP) is 2.04. The zero-order valence-electron chi connectivity index (χ0n) is 11.1.